The summed E-state index contributed by atoms with van der Waals surface area (Å²) in [6, 6.07) is 2.71. The van der Waals surface area contributed by atoms with Gasteiger partial charge in [-0.05, 0) is 18.1 Å². The molecule has 1 aromatic carbocycles. The van der Waals surface area contributed by atoms with E-state index >= 15 is 0 Å². The predicted molar refractivity (Wildman–Crippen MR) is 58.8 cm³/mol. The Morgan fingerprint density at radius 3 is 2.53 bits per heavy atom. The summed E-state index contributed by atoms with van der Waals surface area (Å²) in [6.07, 6.45) is 0.788. The smallest absolute Gasteiger partial charge is 0.167 e. The van der Waals surface area contributed by atoms with E-state index in [9.17, 15) is 15.0 Å². The van der Waals surface area contributed by atoms with Gasteiger partial charge in [0, 0.05) is 18.4 Å². The summed E-state index contributed by atoms with van der Waals surface area (Å²) in [5, 5.41) is 18.9. The SMILES string of the molecule is CCc1cc(C(=O)CCCl)c(O)cc1O. The van der Waals surface area contributed by atoms with Crippen LogP contribution in [0.5, 0.6) is 11.5 Å². The molecule has 0 unspecified atom stereocenters. The maximum absolute atomic E-state index is 11.5. The van der Waals surface area contributed by atoms with Gasteiger partial charge < -0.3 is 10.2 Å². The lowest BCUT2D eigenvalue weighted by molar-refractivity contribution is 0.0986. The Morgan fingerprint density at radius 2 is 2.00 bits per heavy atom. The zero-order valence-corrected chi connectivity index (χ0v) is 9.21. The van der Waals surface area contributed by atoms with Crippen LogP contribution < -0.4 is 0 Å². The van der Waals surface area contributed by atoms with Crippen molar-refractivity contribution in [3.63, 3.8) is 0 Å². The minimum absolute atomic E-state index is 0.0115. The molecule has 3 nitrogen and oxygen atoms in total. The van der Waals surface area contributed by atoms with Crippen molar-refractivity contribution in [3.05, 3.63) is 23.3 Å². The Morgan fingerprint density at radius 1 is 1.33 bits per heavy atom. The van der Waals surface area contributed by atoms with Crippen LogP contribution >= 0.6 is 11.6 Å². The van der Waals surface area contributed by atoms with Gasteiger partial charge in [-0.3, -0.25) is 4.79 Å². The molecule has 15 heavy (non-hydrogen) atoms. The van der Waals surface area contributed by atoms with E-state index in [-0.39, 0.29) is 35.1 Å². The molecule has 0 heterocycles. The van der Waals surface area contributed by atoms with Gasteiger partial charge in [0.1, 0.15) is 11.5 Å². The first-order valence-electron chi connectivity index (χ1n) is 4.74. The van der Waals surface area contributed by atoms with E-state index in [1.54, 1.807) is 0 Å². The lowest BCUT2D eigenvalue weighted by Crippen LogP contribution is -2.01. The minimum Gasteiger partial charge on any atom is -0.508 e. The number of phenolic OH excluding ortho intramolecular Hbond substituents is 2. The van der Waals surface area contributed by atoms with Crippen molar-refractivity contribution < 1.29 is 15.0 Å². The first-order chi connectivity index (χ1) is 7.10. The maximum Gasteiger partial charge on any atom is 0.167 e. The molecular weight excluding hydrogens is 216 g/mol. The van der Waals surface area contributed by atoms with Crippen molar-refractivity contribution in [2.45, 2.75) is 19.8 Å². The van der Waals surface area contributed by atoms with Crippen LogP contribution in [0.25, 0.3) is 0 Å². The number of alkyl halides is 1. The zero-order valence-electron chi connectivity index (χ0n) is 8.46. The third kappa shape index (κ3) is 2.63. The molecule has 0 bridgehead atoms. The molecule has 0 radical (unpaired) electrons. The quantitative estimate of drug-likeness (QED) is 0.615. The molecule has 0 saturated heterocycles. The molecule has 0 aliphatic heterocycles. The number of aryl methyl sites for hydroxylation is 1. The standard InChI is InChI=1S/C11H13ClO3/c1-2-7-5-8(9(13)3-4-12)11(15)6-10(7)14/h5-6,14-15H,2-4H2,1H3. The maximum atomic E-state index is 11.5. The highest BCUT2D eigenvalue weighted by molar-refractivity contribution is 6.19. The van der Waals surface area contributed by atoms with Gasteiger partial charge in [0.05, 0.1) is 5.56 Å². The van der Waals surface area contributed by atoms with Crippen molar-refractivity contribution in [3.8, 4) is 11.5 Å². The highest BCUT2D eigenvalue weighted by Gasteiger charge is 2.13. The summed E-state index contributed by atoms with van der Waals surface area (Å²) in [7, 11) is 0. The van der Waals surface area contributed by atoms with E-state index < -0.39 is 0 Å². The topological polar surface area (TPSA) is 57.5 Å². The number of hydrogen-bond acceptors (Lipinski definition) is 3. The first-order valence-corrected chi connectivity index (χ1v) is 5.27. The minimum atomic E-state index is -0.211. The molecule has 0 saturated carbocycles. The molecule has 0 aliphatic carbocycles. The Hall–Kier alpha value is -1.22. The molecule has 0 amide bonds. The lowest BCUT2D eigenvalue weighted by Gasteiger charge is -2.07. The molecule has 0 atom stereocenters. The van der Waals surface area contributed by atoms with Gasteiger partial charge in [0.25, 0.3) is 0 Å². The van der Waals surface area contributed by atoms with Crippen molar-refractivity contribution in [1.82, 2.24) is 0 Å². The number of ketones is 1. The highest BCUT2D eigenvalue weighted by atomic mass is 35.5. The number of Topliss-reactive ketones (excluding diaryl/α,β-unsaturated/α-hetero) is 1. The van der Waals surface area contributed by atoms with Crippen molar-refractivity contribution in [2.75, 3.05) is 5.88 Å². The Labute approximate surface area is 93.3 Å². The number of aromatic hydroxyl groups is 2. The fourth-order valence-corrected chi connectivity index (χ4v) is 1.52. The number of rotatable bonds is 4. The normalized spacial score (nSPS) is 10.3. The fourth-order valence-electron chi connectivity index (χ4n) is 1.35. The van der Waals surface area contributed by atoms with Gasteiger partial charge in [0.15, 0.2) is 5.78 Å². The van der Waals surface area contributed by atoms with Crippen molar-refractivity contribution in [2.24, 2.45) is 0 Å². The van der Waals surface area contributed by atoms with Gasteiger partial charge >= 0.3 is 0 Å². The largest absolute Gasteiger partial charge is 0.508 e. The van der Waals surface area contributed by atoms with Gasteiger partial charge in [-0.2, -0.15) is 0 Å². The van der Waals surface area contributed by atoms with Crippen LogP contribution in [0.4, 0.5) is 0 Å². The number of phenols is 2. The number of halogens is 1. The molecule has 0 aromatic heterocycles. The average Bonchev–Trinajstić information content (AvgIpc) is 2.18. The molecule has 0 fully saturated rings. The number of carbonyl (C=O) groups is 1. The molecule has 4 heteroatoms. The summed E-state index contributed by atoms with van der Waals surface area (Å²) in [5.74, 6) is -0.171. The second-order valence-corrected chi connectivity index (χ2v) is 3.59. The van der Waals surface area contributed by atoms with E-state index in [0.29, 0.717) is 12.0 Å². The van der Waals surface area contributed by atoms with Crippen molar-refractivity contribution in [1.29, 1.82) is 0 Å². The third-order valence-electron chi connectivity index (χ3n) is 2.20. The fraction of sp³-hybridized carbons (Fsp3) is 0.364. The lowest BCUT2D eigenvalue weighted by atomic mass is 10.0. The van der Waals surface area contributed by atoms with Crippen molar-refractivity contribution >= 4 is 17.4 Å². The zero-order chi connectivity index (χ0) is 11.4. The highest BCUT2D eigenvalue weighted by Crippen LogP contribution is 2.28. The van der Waals surface area contributed by atoms with Gasteiger partial charge in [-0.25, -0.2) is 0 Å². The summed E-state index contributed by atoms with van der Waals surface area (Å²) >= 11 is 5.45. The molecule has 1 aromatic rings. The molecule has 0 aliphatic rings. The van der Waals surface area contributed by atoms with Crippen LogP contribution in [0, 0.1) is 0 Å². The van der Waals surface area contributed by atoms with Gasteiger partial charge in [0.2, 0.25) is 0 Å². The summed E-state index contributed by atoms with van der Waals surface area (Å²) < 4.78 is 0. The predicted octanol–water partition coefficient (Wildman–Crippen LogP) is 2.47. The second kappa shape index (κ2) is 5.03. The second-order valence-electron chi connectivity index (χ2n) is 3.21. The summed E-state index contributed by atoms with van der Waals surface area (Å²) in [5.41, 5.74) is 0.871. The van der Waals surface area contributed by atoms with Gasteiger partial charge in [-0.15, -0.1) is 11.6 Å². The van der Waals surface area contributed by atoms with Crippen LogP contribution in [-0.2, 0) is 6.42 Å². The summed E-state index contributed by atoms with van der Waals surface area (Å²) in [6.45, 7) is 1.86. The van der Waals surface area contributed by atoms with Crippen LogP contribution in [0.3, 0.4) is 0 Å². The number of benzene rings is 1. The van der Waals surface area contributed by atoms with E-state index in [1.807, 2.05) is 6.92 Å². The van der Waals surface area contributed by atoms with Crippen LogP contribution in [0.1, 0.15) is 29.3 Å². The average molecular weight is 229 g/mol. The number of hydrogen-bond donors (Lipinski definition) is 2. The third-order valence-corrected chi connectivity index (χ3v) is 2.39. The van der Waals surface area contributed by atoms with Crippen LogP contribution in [-0.4, -0.2) is 21.9 Å². The monoisotopic (exact) mass is 228 g/mol. The molecular formula is C11H13ClO3. The van der Waals surface area contributed by atoms with E-state index in [2.05, 4.69) is 0 Å². The number of carbonyl (C=O) groups excluding carboxylic acids is 1. The Kier molecular flexibility index (Phi) is 3.97. The molecule has 1 rings (SSSR count). The first kappa shape index (κ1) is 11.9. The van der Waals surface area contributed by atoms with Gasteiger partial charge in [-0.1, -0.05) is 6.92 Å². The Bertz CT molecular complexity index is 374. The summed E-state index contributed by atoms with van der Waals surface area (Å²) in [4.78, 5) is 11.5. The van der Waals surface area contributed by atoms with E-state index in [1.165, 1.54) is 12.1 Å². The molecule has 0 spiro atoms. The van der Waals surface area contributed by atoms with Crippen LogP contribution in [0.2, 0.25) is 0 Å². The van der Waals surface area contributed by atoms with E-state index in [0.717, 1.165) is 0 Å². The molecule has 2 N–H and O–H groups in total. The van der Waals surface area contributed by atoms with Crippen LogP contribution in [0.15, 0.2) is 12.1 Å². The van der Waals surface area contributed by atoms with E-state index in [4.69, 9.17) is 11.6 Å². The Balaban J connectivity index is 3.12. The molecule has 82 valence electrons.